The van der Waals surface area contributed by atoms with Crippen LogP contribution in [0.25, 0.3) is 15.8 Å². The molecule has 2 aliphatic carbocycles. The molecule has 2 heterocycles. The zero-order valence-corrected chi connectivity index (χ0v) is 17.1. The molecule has 1 aromatic carbocycles. The second-order valence-corrected chi connectivity index (χ2v) is 9.42. The summed E-state index contributed by atoms with van der Waals surface area (Å²) >= 11 is 7.73. The minimum atomic E-state index is -1.05. The van der Waals surface area contributed by atoms with Crippen LogP contribution in [0.5, 0.6) is 0 Å². The quantitative estimate of drug-likeness (QED) is 0.720. The Morgan fingerprint density at radius 2 is 2.04 bits per heavy atom. The van der Waals surface area contributed by atoms with Gasteiger partial charge in [-0.15, -0.1) is 11.3 Å². The fourth-order valence-corrected chi connectivity index (χ4v) is 6.35. The van der Waals surface area contributed by atoms with Gasteiger partial charge < -0.3 is 9.68 Å². The van der Waals surface area contributed by atoms with Crippen molar-refractivity contribution in [1.29, 1.82) is 0 Å². The van der Waals surface area contributed by atoms with Crippen LogP contribution < -0.4 is 0 Å². The highest BCUT2D eigenvalue weighted by Gasteiger charge is 2.54. The number of allylic oxidation sites excluding steroid dienone is 1. The number of rotatable bonds is 2. The first-order valence-electron chi connectivity index (χ1n) is 9.33. The molecule has 2 fully saturated rings. The number of fused-ring (bicyclic) bond motifs is 3. The van der Waals surface area contributed by atoms with E-state index in [-0.39, 0.29) is 12.3 Å². The third kappa shape index (κ3) is 2.68. The lowest BCUT2D eigenvalue weighted by Crippen LogP contribution is -2.36. The predicted molar refractivity (Wildman–Crippen MR) is 105 cm³/mol. The summed E-state index contributed by atoms with van der Waals surface area (Å²) in [5, 5.41) is 2.44. The summed E-state index contributed by atoms with van der Waals surface area (Å²) < 4.78 is 1.02. The van der Waals surface area contributed by atoms with E-state index in [9.17, 15) is 9.59 Å². The number of hydrogen-bond acceptors (Lipinski definition) is 7. The molecule has 1 aromatic heterocycles. The average molecular weight is 419 g/mol. The monoisotopic (exact) mass is 418 g/mol. The third-order valence-corrected chi connectivity index (χ3v) is 7.39. The topological polar surface area (TPSA) is 68.7 Å². The van der Waals surface area contributed by atoms with Crippen molar-refractivity contribution in [3.8, 4) is 0 Å². The normalized spacial score (nSPS) is 30.7. The Labute approximate surface area is 171 Å². The van der Waals surface area contributed by atoms with E-state index >= 15 is 0 Å². The molecule has 0 amide bonds. The summed E-state index contributed by atoms with van der Waals surface area (Å²) in [6.07, 6.45) is 3.06. The van der Waals surface area contributed by atoms with Gasteiger partial charge in [0.2, 0.25) is 0 Å². The predicted octanol–water partition coefficient (Wildman–Crippen LogP) is 4.39. The molecule has 1 saturated heterocycles. The Kier molecular flexibility index (Phi) is 4.05. The lowest BCUT2D eigenvalue weighted by molar-refractivity contribution is -0.307. The van der Waals surface area contributed by atoms with Gasteiger partial charge in [-0.1, -0.05) is 11.6 Å². The molecule has 2 aromatic rings. The maximum Gasteiger partial charge on any atom is 0.339 e. The molecule has 2 bridgehead atoms. The van der Waals surface area contributed by atoms with Crippen LogP contribution in [0.4, 0.5) is 0 Å². The first kappa shape index (κ1) is 18.1. The number of aromatic nitrogens is 1. The maximum atomic E-state index is 13.0. The van der Waals surface area contributed by atoms with Crippen LogP contribution in [0.1, 0.15) is 37.6 Å². The van der Waals surface area contributed by atoms with Crippen LogP contribution >= 0.6 is 22.9 Å². The van der Waals surface area contributed by atoms with Crippen LogP contribution in [0.2, 0.25) is 5.02 Å². The summed E-state index contributed by atoms with van der Waals surface area (Å²) in [7, 11) is 1.41. The van der Waals surface area contributed by atoms with Crippen LogP contribution in [0, 0.1) is 17.3 Å². The van der Waals surface area contributed by atoms with Crippen molar-refractivity contribution in [2.24, 2.45) is 17.3 Å². The van der Waals surface area contributed by atoms with Gasteiger partial charge in [-0.05, 0) is 67.4 Å². The molecule has 1 saturated carbocycles. The zero-order chi connectivity index (χ0) is 19.6. The van der Waals surface area contributed by atoms with Crippen LogP contribution in [-0.2, 0) is 19.3 Å². The molecule has 8 heteroatoms. The minimum absolute atomic E-state index is 0.0328. The molecule has 3 aliphatic rings. The molecule has 0 spiro atoms. The molecule has 0 radical (unpaired) electrons. The zero-order valence-electron chi connectivity index (χ0n) is 15.5. The van der Waals surface area contributed by atoms with Crippen molar-refractivity contribution < 1.29 is 19.3 Å². The molecule has 28 heavy (non-hydrogen) atoms. The maximum absolute atomic E-state index is 13.0. The van der Waals surface area contributed by atoms with Crippen molar-refractivity contribution in [2.75, 3.05) is 7.05 Å². The van der Waals surface area contributed by atoms with E-state index in [0.717, 1.165) is 50.9 Å². The Hall–Kier alpha value is -1.96. The first-order valence-corrected chi connectivity index (χ1v) is 10.5. The average Bonchev–Trinajstić information content (AvgIpc) is 3.32. The second-order valence-electron chi connectivity index (χ2n) is 7.96. The van der Waals surface area contributed by atoms with E-state index in [1.54, 1.807) is 18.3 Å². The van der Waals surface area contributed by atoms with Gasteiger partial charge in [0.1, 0.15) is 5.01 Å². The molecule has 0 N–H and O–H groups in total. The first-order chi connectivity index (χ1) is 13.3. The summed E-state index contributed by atoms with van der Waals surface area (Å²) in [4.78, 5) is 40.4. The minimum Gasteiger partial charge on any atom is -0.333 e. The fraction of sp³-hybridized carbons (Fsp3) is 0.450. The third-order valence-electron chi connectivity index (χ3n) is 6.10. The molecule has 146 valence electrons. The Morgan fingerprint density at radius 1 is 1.25 bits per heavy atom. The summed E-state index contributed by atoms with van der Waals surface area (Å²) in [6.45, 7) is 1.80. The van der Waals surface area contributed by atoms with E-state index < -0.39 is 17.4 Å². The van der Waals surface area contributed by atoms with Gasteiger partial charge in [0.25, 0.3) is 0 Å². The van der Waals surface area contributed by atoms with Gasteiger partial charge in [0.05, 0.1) is 29.1 Å². The van der Waals surface area contributed by atoms with Gasteiger partial charge >= 0.3 is 11.9 Å². The lowest BCUT2D eigenvalue weighted by atomic mass is 9.71. The number of nitrogens with zero attached hydrogens (tertiary/aromatic N) is 2. The van der Waals surface area contributed by atoms with Crippen molar-refractivity contribution in [1.82, 2.24) is 10.2 Å². The Morgan fingerprint density at radius 3 is 2.86 bits per heavy atom. The molecule has 1 aliphatic heterocycles. The number of thiazole rings is 1. The van der Waals surface area contributed by atoms with E-state index in [4.69, 9.17) is 26.3 Å². The molecular weight excluding hydrogens is 400 g/mol. The SMILES string of the molecule is CN1OC(=O)CC(C)(C2=C(c3nc4ccc(Cl)cc4s3)[C@H]3CC[C@@H]2C3)C(=O)O1. The van der Waals surface area contributed by atoms with Gasteiger partial charge in [0, 0.05) is 10.2 Å². The standard InChI is InChI=1S/C20H19ClN2O4S/c1-20(9-15(24)26-23(2)27-19(20)25)17-11-4-3-10(7-11)16(17)18-22-13-6-5-12(21)8-14(13)28-18/h5-6,8,10-11H,3-4,7,9H2,1-2H3/t10-,11+,20?/m0/s1. The molecular formula is C20H19ClN2O4S. The summed E-state index contributed by atoms with van der Waals surface area (Å²) in [5.41, 5.74) is 1.97. The van der Waals surface area contributed by atoms with Crippen molar-refractivity contribution in [3.05, 3.63) is 33.8 Å². The van der Waals surface area contributed by atoms with Crippen molar-refractivity contribution in [3.63, 3.8) is 0 Å². The van der Waals surface area contributed by atoms with E-state index in [2.05, 4.69) is 0 Å². The highest BCUT2D eigenvalue weighted by molar-refractivity contribution is 7.19. The second kappa shape index (κ2) is 6.27. The molecule has 1 unspecified atom stereocenters. The van der Waals surface area contributed by atoms with Gasteiger partial charge in [-0.3, -0.25) is 4.79 Å². The Balaban J connectivity index is 1.69. The number of hydrogen-bond donors (Lipinski definition) is 0. The van der Waals surface area contributed by atoms with Crippen molar-refractivity contribution in [2.45, 2.75) is 32.6 Å². The van der Waals surface area contributed by atoms with E-state index in [0.29, 0.717) is 10.9 Å². The molecule has 3 atom stereocenters. The van der Waals surface area contributed by atoms with E-state index in [1.807, 2.05) is 18.2 Å². The van der Waals surface area contributed by atoms with Crippen LogP contribution in [0.15, 0.2) is 23.8 Å². The van der Waals surface area contributed by atoms with Gasteiger partial charge in [-0.2, -0.15) is 0 Å². The van der Waals surface area contributed by atoms with E-state index in [1.165, 1.54) is 7.05 Å². The van der Waals surface area contributed by atoms with Gasteiger partial charge in [-0.25, -0.2) is 9.78 Å². The largest absolute Gasteiger partial charge is 0.339 e. The molecule has 6 nitrogen and oxygen atoms in total. The summed E-state index contributed by atoms with van der Waals surface area (Å²) in [6, 6.07) is 5.66. The smallest absolute Gasteiger partial charge is 0.333 e. The number of carbonyl (C=O) groups is 2. The highest BCUT2D eigenvalue weighted by Crippen LogP contribution is 2.59. The number of halogens is 1. The highest BCUT2D eigenvalue weighted by atomic mass is 35.5. The lowest BCUT2D eigenvalue weighted by Gasteiger charge is -2.31. The Bertz CT molecular complexity index is 1050. The van der Waals surface area contributed by atoms with Crippen LogP contribution in [-0.4, -0.2) is 29.2 Å². The number of hydroxylamine groups is 2. The summed E-state index contributed by atoms with van der Waals surface area (Å²) in [5.74, 6) is -0.298. The number of benzene rings is 1. The van der Waals surface area contributed by atoms with Crippen LogP contribution in [0.3, 0.4) is 0 Å². The fourth-order valence-electron chi connectivity index (χ4n) is 4.97. The van der Waals surface area contributed by atoms with Crippen molar-refractivity contribution >= 4 is 50.7 Å². The van der Waals surface area contributed by atoms with Gasteiger partial charge in [0.15, 0.2) is 0 Å². The molecule has 5 rings (SSSR count). The number of carbonyl (C=O) groups excluding carboxylic acids is 2.